The van der Waals surface area contributed by atoms with Crippen LogP contribution in [0.25, 0.3) is 0 Å². The molecular formula is C12H17N5O2S. The maximum absolute atomic E-state index is 11.8. The van der Waals surface area contributed by atoms with Crippen molar-refractivity contribution < 1.29 is 8.42 Å². The van der Waals surface area contributed by atoms with E-state index < -0.39 is 10.0 Å². The van der Waals surface area contributed by atoms with Gasteiger partial charge in [-0.3, -0.25) is 4.68 Å². The quantitative estimate of drug-likeness (QED) is 0.729. The van der Waals surface area contributed by atoms with Crippen molar-refractivity contribution in [3.8, 4) is 0 Å². The van der Waals surface area contributed by atoms with Crippen molar-refractivity contribution in [1.82, 2.24) is 14.5 Å². The number of anilines is 3. The van der Waals surface area contributed by atoms with Gasteiger partial charge in [-0.25, -0.2) is 13.1 Å². The van der Waals surface area contributed by atoms with Crippen molar-refractivity contribution in [2.45, 2.75) is 11.8 Å². The highest BCUT2D eigenvalue weighted by molar-refractivity contribution is 7.89. The maximum atomic E-state index is 11.8. The van der Waals surface area contributed by atoms with Gasteiger partial charge in [-0.1, -0.05) is 0 Å². The van der Waals surface area contributed by atoms with E-state index in [-0.39, 0.29) is 4.90 Å². The van der Waals surface area contributed by atoms with Crippen LogP contribution in [0.3, 0.4) is 0 Å². The third-order valence-corrected chi connectivity index (χ3v) is 4.30. The van der Waals surface area contributed by atoms with Gasteiger partial charge in [-0.15, -0.1) is 0 Å². The first kappa shape index (κ1) is 14.4. The first-order valence-corrected chi connectivity index (χ1v) is 7.42. The molecule has 0 spiro atoms. The zero-order chi connectivity index (χ0) is 14.9. The molecule has 0 amide bonds. The van der Waals surface area contributed by atoms with Gasteiger partial charge in [0.15, 0.2) is 0 Å². The SMILES string of the molecule is CNS(=O)(=O)c1ccc(N)c(Nc2cn(C)nc2C)c1. The van der Waals surface area contributed by atoms with Crippen molar-refractivity contribution in [3.63, 3.8) is 0 Å². The predicted octanol–water partition coefficient (Wildman–Crippen LogP) is 0.962. The van der Waals surface area contributed by atoms with Crippen LogP contribution in [0.2, 0.25) is 0 Å². The molecule has 1 aromatic heterocycles. The molecule has 0 saturated heterocycles. The molecule has 20 heavy (non-hydrogen) atoms. The second-order valence-electron chi connectivity index (χ2n) is 4.38. The summed E-state index contributed by atoms with van der Waals surface area (Å²) in [6.07, 6.45) is 1.80. The third kappa shape index (κ3) is 2.75. The zero-order valence-electron chi connectivity index (χ0n) is 11.5. The smallest absolute Gasteiger partial charge is 0.240 e. The molecule has 0 atom stereocenters. The van der Waals surface area contributed by atoms with Crippen LogP contribution in [0.15, 0.2) is 29.3 Å². The Bertz CT molecular complexity index is 736. The van der Waals surface area contributed by atoms with E-state index in [0.29, 0.717) is 11.4 Å². The van der Waals surface area contributed by atoms with Crippen molar-refractivity contribution >= 4 is 27.1 Å². The van der Waals surface area contributed by atoms with Crippen molar-refractivity contribution in [3.05, 3.63) is 30.1 Å². The minimum atomic E-state index is -3.50. The fourth-order valence-electron chi connectivity index (χ4n) is 1.80. The molecule has 8 heteroatoms. The highest BCUT2D eigenvalue weighted by Crippen LogP contribution is 2.27. The molecule has 0 unspecified atom stereocenters. The van der Waals surface area contributed by atoms with Crippen LogP contribution < -0.4 is 15.8 Å². The molecule has 1 aromatic carbocycles. The molecule has 0 radical (unpaired) electrons. The summed E-state index contributed by atoms with van der Waals surface area (Å²) in [5, 5.41) is 7.30. The van der Waals surface area contributed by atoms with Crippen molar-refractivity contribution in [2.75, 3.05) is 18.1 Å². The van der Waals surface area contributed by atoms with Gasteiger partial charge in [0, 0.05) is 13.2 Å². The van der Waals surface area contributed by atoms with E-state index in [4.69, 9.17) is 5.73 Å². The summed E-state index contributed by atoms with van der Waals surface area (Å²) in [6, 6.07) is 4.51. The summed E-state index contributed by atoms with van der Waals surface area (Å²) >= 11 is 0. The first-order chi connectivity index (χ1) is 9.33. The maximum Gasteiger partial charge on any atom is 0.240 e. The van der Waals surface area contributed by atoms with Crippen LogP contribution >= 0.6 is 0 Å². The molecule has 0 fully saturated rings. The Hall–Kier alpha value is -2.06. The summed E-state index contributed by atoms with van der Waals surface area (Å²) in [7, 11) is -0.327. The largest absolute Gasteiger partial charge is 0.397 e. The van der Waals surface area contributed by atoms with Crippen molar-refractivity contribution in [1.29, 1.82) is 0 Å². The van der Waals surface area contributed by atoms with Crippen molar-refractivity contribution in [2.24, 2.45) is 7.05 Å². The minimum absolute atomic E-state index is 0.151. The fraction of sp³-hybridized carbons (Fsp3) is 0.250. The van der Waals surface area contributed by atoms with E-state index >= 15 is 0 Å². The number of hydrogen-bond donors (Lipinski definition) is 3. The fourth-order valence-corrected chi connectivity index (χ4v) is 2.55. The highest BCUT2D eigenvalue weighted by Gasteiger charge is 2.14. The number of rotatable bonds is 4. The summed E-state index contributed by atoms with van der Waals surface area (Å²) in [5.74, 6) is 0. The number of aryl methyl sites for hydroxylation is 2. The third-order valence-electron chi connectivity index (χ3n) is 2.89. The van der Waals surface area contributed by atoms with Crippen LogP contribution in [0.5, 0.6) is 0 Å². The van der Waals surface area contributed by atoms with Gasteiger partial charge in [0.2, 0.25) is 10.0 Å². The Morgan fingerprint density at radius 3 is 2.55 bits per heavy atom. The van der Waals surface area contributed by atoms with Gasteiger partial charge in [-0.2, -0.15) is 5.10 Å². The average molecular weight is 295 g/mol. The summed E-state index contributed by atoms with van der Waals surface area (Å²) in [5.41, 5.74) is 8.44. The van der Waals surface area contributed by atoms with E-state index in [1.165, 1.54) is 19.2 Å². The summed E-state index contributed by atoms with van der Waals surface area (Å²) in [4.78, 5) is 0.151. The molecule has 0 saturated carbocycles. The van der Waals surface area contributed by atoms with Gasteiger partial charge >= 0.3 is 0 Å². The molecule has 1 heterocycles. The van der Waals surface area contributed by atoms with Crippen LogP contribution in [0, 0.1) is 6.92 Å². The van der Waals surface area contributed by atoms with Gasteiger partial charge in [0.25, 0.3) is 0 Å². The lowest BCUT2D eigenvalue weighted by Gasteiger charge is -2.10. The molecular weight excluding hydrogens is 278 g/mol. The normalized spacial score (nSPS) is 11.6. The van der Waals surface area contributed by atoms with Crippen LogP contribution in [0.1, 0.15) is 5.69 Å². The van der Waals surface area contributed by atoms with Gasteiger partial charge in [0.1, 0.15) is 0 Å². The molecule has 2 rings (SSSR count). The lowest BCUT2D eigenvalue weighted by Crippen LogP contribution is -2.18. The van der Waals surface area contributed by atoms with E-state index in [0.717, 1.165) is 11.4 Å². The predicted molar refractivity (Wildman–Crippen MR) is 78.3 cm³/mol. The second kappa shape index (κ2) is 5.14. The lowest BCUT2D eigenvalue weighted by molar-refractivity contribution is 0.588. The molecule has 0 aliphatic heterocycles. The van der Waals surface area contributed by atoms with E-state index in [1.54, 1.807) is 16.9 Å². The van der Waals surface area contributed by atoms with E-state index in [9.17, 15) is 8.42 Å². The van der Waals surface area contributed by atoms with Crippen LogP contribution in [-0.4, -0.2) is 25.2 Å². The monoisotopic (exact) mass is 295 g/mol. The Labute approximate surface area is 117 Å². The van der Waals surface area contributed by atoms with Crippen LogP contribution in [-0.2, 0) is 17.1 Å². The first-order valence-electron chi connectivity index (χ1n) is 5.94. The number of nitrogens with one attached hydrogen (secondary N) is 2. The van der Waals surface area contributed by atoms with Crippen LogP contribution in [0.4, 0.5) is 17.1 Å². The highest BCUT2D eigenvalue weighted by atomic mass is 32.2. The molecule has 0 bridgehead atoms. The number of hydrogen-bond acceptors (Lipinski definition) is 5. The van der Waals surface area contributed by atoms with Gasteiger partial charge in [-0.05, 0) is 32.2 Å². The number of nitrogen functional groups attached to an aromatic ring is 1. The molecule has 0 aliphatic carbocycles. The Morgan fingerprint density at radius 2 is 2.00 bits per heavy atom. The number of nitrogens with zero attached hydrogens (tertiary/aromatic N) is 2. The molecule has 108 valence electrons. The molecule has 0 aliphatic rings. The topological polar surface area (TPSA) is 102 Å². The number of benzene rings is 1. The van der Waals surface area contributed by atoms with E-state index in [2.05, 4.69) is 15.1 Å². The summed E-state index contributed by atoms with van der Waals surface area (Å²) in [6.45, 7) is 1.85. The Kier molecular flexibility index (Phi) is 3.69. The summed E-state index contributed by atoms with van der Waals surface area (Å²) < 4.78 is 27.5. The van der Waals surface area contributed by atoms with Gasteiger partial charge in [0.05, 0.1) is 27.7 Å². The number of aromatic nitrogens is 2. The van der Waals surface area contributed by atoms with Gasteiger partial charge < -0.3 is 11.1 Å². The lowest BCUT2D eigenvalue weighted by atomic mass is 10.2. The molecule has 7 nitrogen and oxygen atoms in total. The number of sulfonamides is 1. The Balaban J connectivity index is 2.42. The standard InChI is InChI=1S/C12H17N5O2S/c1-8-12(7-17(3)16-8)15-11-6-9(4-5-10(11)13)20(18,19)14-2/h4-7,14-15H,13H2,1-3H3. The minimum Gasteiger partial charge on any atom is -0.397 e. The molecule has 2 aromatic rings. The van der Waals surface area contributed by atoms with E-state index in [1.807, 2.05) is 14.0 Å². The Morgan fingerprint density at radius 1 is 1.30 bits per heavy atom. The number of nitrogens with two attached hydrogens (primary N) is 1. The average Bonchev–Trinajstić information content (AvgIpc) is 2.70. The second-order valence-corrected chi connectivity index (χ2v) is 6.27. The molecule has 4 N–H and O–H groups in total. The zero-order valence-corrected chi connectivity index (χ0v) is 12.3.